The Bertz CT molecular complexity index is 877. The van der Waals surface area contributed by atoms with Crippen molar-refractivity contribution in [1.82, 2.24) is 14.5 Å². The summed E-state index contributed by atoms with van der Waals surface area (Å²) in [6, 6.07) is 8.06. The van der Waals surface area contributed by atoms with Gasteiger partial charge in [0.25, 0.3) is 6.43 Å². The van der Waals surface area contributed by atoms with Crippen LogP contribution in [0.25, 0.3) is 17.1 Å². The second-order valence-electron chi connectivity index (χ2n) is 5.39. The molecule has 0 bridgehead atoms. The standard InChI is InChI=1S/C18H16F2N3O2/c1-3-11-8-13(5-6-15(11)24)23-10-14(17(19)20)22-18(23)12-4-7-16(25-2)21-9-12/h4-10,17H,3H2,1-2H3. The number of aryl methyl sites for hydroxylation is 1. The fraction of sp³-hybridized carbons (Fsp3) is 0.222. The van der Waals surface area contributed by atoms with Crippen molar-refractivity contribution in [2.75, 3.05) is 7.11 Å². The first-order valence-electron chi connectivity index (χ1n) is 7.71. The van der Waals surface area contributed by atoms with Gasteiger partial charge in [-0.15, -0.1) is 0 Å². The zero-order valence-electron chi connectivity index (χ0n) is 13.7. The van der Waals surface area contributed by atoms with Crippen LogP contribution in [-0.2, 0) is 11.5 Å². The first-order valence-corrected chi connectivity index (χ1v) is 7.71. The normalized spacial score (nSPS) is 11.1. The molecule has 0 atom stereocenters. The van der Waals surface area contributed by atoms with Gasteiger partial charge < -0.3 is 4.74 Å². The van der Waals surface area contributed by atoms with Gasteiger partial charge in [0.2, 0.25) is 5.88 Å². The predicted molar refractivity (Wildman–Crippen MR) is 87.8 cm³/mol. The van der Waals surface area contributed by atoms with Gasteiger partial charge in [0, 0.05) is 35.3 Å². The Hall–Kier alpha value is -2.96. The highest BCUT2D eigenvalue weighted by Crippen LogP contribution is 2.29. The van der Waals surface area contributed by atoms with Crippen LogP contribution in [0.4, 0.5) is 8.78 Å². The summed E-state index contributed by atoms with van der Waals surface area (Å²) in [6.07, 6.45) is 0.650. The number of halogens is 2. The molecule has 1 radical (unpaired) electrons. The Kier molecular flexibility index (Phi) is 4.65. The van der Waals surface area contributed by atoms with Crippen molar-refractivity contribution in [2.45, 2.75) is 19.8 Å². The van der Waals surface area contributed by atoms with Gasteiger partial charge >= 0.3 is 0 Å². The monoisotopic (exact) mass is 344 g/mol. The number of hydrogen-bond acceptors (Lipinski definition) is 3. The molecule has 2 aromatic heterocycles. The van der Waals surface area contributed by atoms with Crippen LogP contribution in [0.15, 0.2) is 42.7 Å². The summed E-state index contributed by atoms with van der Waals surface area (Å²) in [4.78, 5) is 8.14. The average molecular weight is 344 g/mol. The summed E-state index contributed by atoms with van der Waals surface area (Å²) in [6.45, 7) is 1.87. The number of ether oxygens (including phenoxy) is 1. The summed E-state index contributed by atoms with van der Waals surface area (Å²) < 4.78 is 32.9. The van der Waals surface area contributed by atoms with Crippen molar-refractivity contribution < 1.29 is 18.6 Å². The van der Waals surface area contributed by atoms with Crippen molar-refractivity contribution >= 4 is 0 Å². The Labute approximate surface area is 143 Å². The number of hydrogen-bond donors (Lipinski definition) is 0. The van der Waals surface area contributed by atoms with E-state index < -0.39 is 6.43 Å². The van der Waals surface area contributed by atoms with E-state index in [0.29, 0.717) is 34.9 Å². The van der Waals surface area contributed by atoms with E-state index in [4.69, 9.17) is 4.74 Å². The Morgan fingerprint density at radius 1 is 1.24 bits per heavy atom. The largest absolute Gasteiger partial charge is 0.481 e. The molecule has 0 aliphatic rings. The first-order chi connectivity index (χ1) is 12.0. The fourth-order valence-electron chi connectivity index (χ4n) is 2.53. The third kappa shape index (κ3) is 3.31. The molecule has 0 amide bonds. The first kappa shape index (κ1) is 16.9. The van der Waals surface area contributed by atoms with E-state index in [2.05, 4.69) is 9.97 Å². The third-order valence-corrected chi connectivity index (χ3v) is 3.85. The second-order valence-corrected chi connectivity index (χ2v) is 5.39. The number of pyridine rings is 1. The summed E-state index contributed by atoms with van der Waals surface area (Å²) >= 11 is 0. The molecule has 0 spiro atoms. The number of alkyl halides is 2. The van der Waals surface area contributed by atoms with Crippen molar-refractivity contribution in [3.63, 3.8) is 0 Å². The lowest BCUT2D eigenvalue weighted by Crippen LogP contribution is -1.98. The molecule has 3 rings (SSSR count). The van der Waals surface area contributed by atoms with E-state index in [9.17, 15) is 13.9 Å². The molecule has 0 saturated heterocycles. The van der Waals surface area contributed by atoms with Crippen LogP contribution >= 0.6 is 0 Å². The molecule has 25 heavy (non-hydrogen) atoms. The predicted octanol–water partition coefficient (Wildman–Crippen LogP) is 4.59. The van der Waals surface area contributed by atoms with Crippen LogP contribution in [-0.4, -0.2) is 21.6 Å². The smallest absolute Gasteiger partial charge is 0.281 e. The highest BCUT2D eigenvalue weighted by atomic mass is 19.3. The van der Waals surface area contributed by atoms with Gasteiger partial charge in [0.1, 0.15) is 11.5 Å². The Morgan fingerprint density at radius 2 is 2.04 bits per heavy atom. The summed E-state index contributed by atoms with van der Waals surface area (Å²) in [5.74, 6) is 0.666. The van der Waals surface area contributed by atoms with Crippen molar-refractivity contribution in [3.8, 4) is 28.7 Å². The van der Waals surface area contributed by atoms with E-state index >= 15 is 0 Å². The van der Waals surface area contributed by atoms with E-state index in [0.717, 1.165) is 0 Å². The van der Waals surface area contributed by atoms with Crippen LogP contribution in [0.3, 0.4) is 0 Å². The highest BCUT2D eigenvalue weighted by molar-refractivity contribution is 5.59. The maximum Gasteiger partial charge on any atom is 0.281 e. The van der Waals surface area contributed by atoms with Gasteiger partial charge in [-0.3, -0.25) is 9.67 Å². The lowest BCUT2D eigenvalue weighted by atomic mass is 10.1. The zero-order chi connectivity index (χ0) is 18.0. The maximum absolute atomic E-state index is 13.2. The van der Waals surface area contributed by atoms with E-state index in [1.54, 1.807) is 28.8 Å². The van der Waals surface area contributed by atoms with Gasteiger partial charge in [-0.2, -0.15) is 0 Å². The number of rotatable bonds is 5. The molecule has 0 unspecified atom stereocenters. The fourth-order valence-corrected chi connectivity index (χ4v) is 2.53. The maximum atomic E-state index is 13.2. The van der Waals surface area contributed by atoms with Gasteiger partial charge in [-0.1, -0.05) is 6.92 Å². The lowest BCUT2D eigenvalue weighted by Gasteiger charge is -2.10. The summed E-state index contributed by atoms with van der Waals surface area (Å²) in [7, 11) is 1.49. The van der Waals surface area contributed by atoms with Crippen molar-refractivity contribution in [1.29, 1.82) is 0 Å². The topological polar surface area (TPSA) is 59.8 Å². The quantitative estimate of drug-likeness (QED) is 0.680. The molecule has 3 aromatic rings. The second kappa shape index (κ2) is 6.88. The minimum Gasteiger partial charge on any atom is -0.481 e. The molecular formula is C18H16F2N3O2. The van der Waals surface area contributed by atoms with E-state index in [1.165, 1.54) is 25.6 Å². The minimum atomic E-state index is -2.70. The molecule has 5 nitrogen and oxygen atoms in total. The molecular weight excluding hydrogens is 328 g/mol. The average Bonchev–Trinajstić information content (AvgIpc) is 3.08. The third-order valence-electron chi connectivity index (χ3n) is 3.85. The number of benzene rings is 1. The van der Waals surface area contributed by atoms with Crippen LogP contribution in [0.1, 0.15) is 24.6 Å². The number of methoxy groups -OCH3 is 1. The molecule has 1 aromatic carbocycles. The number of imidazole rings is 1. The SMILES string of the molecule is CCc1cc(-n2cc(C(F)F)nc2-c2ccc(OC)nc2)ccc1[O]. The van der Waals surface area contributed by atoms with Crippen LogP contribution in [0, 0.1) is 0 Å². The van der Waals surface area contributed by atoms with Crippen LogP contribution < -0.4 is 4.74 Å². The van der Waals surface area contributed by atoms with Gasteiger partial charge in [-0.05, 0) is 30.7 Å². The van der Waals surface area contributed by atoms with Crippen LogP contribution in [0.2, 0.25) is 0 Å². The molecule has 0 N–H and O–H groups in total. The molecule has 0 saturated carbocycles. The van der Waals surface area contributed by atoms with Crippen molar-refractivity contribution in [3.05, 3.63) is 54.0 Å². The van der Waals surface area contributed by atoms with Crippen molar-refractivity contribution in [2.24, 2.45) is 0 Å². The van der Waals surface area contributed by atoms with Gasteiger partial charge in [-0.25, -0.2) is 18.7 Å². The molecule has 7 heteroatoms. The van der Waals surface area contributed by atoms with Gasteiger partial charge in [0.15, 0.2) is 5.75 Å². The zero-order valence-corrected chi connectivity index (χ0v) is 13.7. The van der Waals surface area contributed by atoms with Crippen LogP contribution in [0.5, 0.6) is 11.6 Å². The highest BCUT2D eigenvalue weighted by Gasteiger charge is 2.18. The molecule has 0 fully saturated rings. The molecule has 2 heterocycles. The molecule has 129 valence electrons. The number of nitrogens with zero attached hydrogens (tertiary/aromatic N) is 3. The number of aromatic nitrogens is 3. The summed E-state index contributed by atoms with van der Waals surface area (Å²) in [5, 5.41) is 11.8. The molecule has 0 aliphatic heterocycles. The summed E-state index contributed by atoms with van der Waals surface area (Å²) in [5.41, 5.74) is 1.44. The lowest BCUT2D eigenvalue weighted by molar-refractivity contribution is 0.146. The Morgan fingerprint density at radius 3 is 2.64 bits per heavy atom. The molecule has 0 aliphatic carbocycles. The Balaban J connectivity index is 2.14. The van der Waals surface area contributed by atoms with Gasteiger partial charge in [0.05, 0.1) is 7.11 Å². The van der Waals surface area contributed by atoms with E-state index in [1.807, 2.05) is 6.92 Å². The minimum absolute atomic E-state index is 0.0758. The van der Waals surface area contributed by atoms with E-state index in [-0.39, 0.29) is 11.4 Å².